The molecule has 0 amide bonds. The van der Waals surface area contributed by atoms with E-state index in [1.54, 1.807) is 24.3 Å². The minimum absolute atomic E-state index is 0.190. The van der Waals surface area contributed by atoms with Gasteiger partial charge in [0.2, 0.25) is 0 Å². The zero-order valence-electron chi connectivity index (χ0n) is 16.4. The van der Waals surface area contributed by atoms with Crippen LogP contribution in [-0.4, -0.2) is 29.8 Å². The van der Waals surface area contributed by atoms with Crippen LogP contribution in [0.1, 0.15) is 27.9 Å². The first-order valence-electron chi connectivity index (χ1n) is 9.75. The van der Waals surface area contributed by atoms with E-state index in [0.29, 0.717) is 12.1 Å². The fourth-order valence-electron chi connectivity index (χ4n) is 3.07. The second-order valence-electron chi connectivity index (χ2n) is 6.88. The minimum atomic E-state index is -0.361. The number of benzene rings is 3. The van der Waals surface area contributed by atoms with Gasteiger partial charge in [0.05, 0.1) is 6.42 Å². The molecule has 0 atom stereocenters. The molecule has 3 rings (SSSR count). The predicted octanol–water partition coefficient (Wildman–Crippen LogP) is 4.51. The van der Waals surface area contributed by atoms with Gasteiger partial charge in [0.15, 0.2) is 12.4 Å². The van der Waals surface area contributed by atoms with Crippen molar-refractivity contribution in [2.45, 2.75) is 19.5 Å². The number of ether oxygens (including phenoxy) is 1. The van der Waals surface area contributed by atoms with Crippen LogP contribution >= 0.6 is 0 Å². The van der Waals surface area contributed by atoms with E-state index in [9.17, 15) is 9.59 Å². The van der Waals surface area contributed by atoms with E-state index in [-0.39, 0.29) is 24.8 Å². The normalized spacial score (nSPS) is 10.7. The minimum Gasteiger partial charge on any atom is -0.457 e. The summed E-state index contributed by atoms with van der Waals surface area (Å²) in [6.07, 6.45) is 0.238. The van der Waals surface area contributed by atoms with Crippen molar-refractivity contribution in [1.29, 1.82) is 0 Å². The predicted molar refractivity (Wildman–Crippen MR) is 113 cm³/mol. The summed E-state index contributed by atoms with van der Waals surface area (Å²) >= 11 is 0. The summed E-state index contributed by atoms with van der Waals surface area (Å²) in [5.74, 6) is -0.551. The third-order valence-electron chi connectivity index (χ3n) is 4.59. The summed E-state index contributed by atoms with van der Waals surface area (Å²) in [6, 6.07) is 29.2. The summed E-state index contributed by atoms with van der Waals surface area (Å²) < 4.78 is 5.19. The molecule has 0 fully saturated rings. The number of Topliss-reactive ketones (excluding diaryl/α,β-unsaturated/α-hetero) is 1. The largest absolute Gasteiger partial charge is 0.457 e. The van der Waals surface area contributed by atoms with Gasteiger partial charge in [0.25, 0.3) is 0 Å². The van der Waals surface area contributed by atoms with Crippen LogP contribution in [0.2, 0.25) is 0 Å². The molecule has 0 saturated carbocycles. The van der Waals surface area contributed by atoms with Gasteiger partial charge in [-0.25, -0.2) is 0 Å². The lowest BCUT2D eigenvalue weighted by atomic mass is 10.1. The molecular weight excluding hydrogens is 362 g/mol. The van der Waals surface area contributed by atoms with Crippen molar-refractivity contribution in [3.63, 3.8) is 0 Å². The van der Waals surface area contributed by atoms with Crippen molar-refractivity contribution in [1.82, 2.24) is 4.90 Å². The van der Waals surface area contributed by atoms with Crippen LogP contribution in [0.15, 0.2) is 91.0 Å². The van der Waals surface area contributed by atoms with Gasteiger partial charge in [-0.15, -0.1) is 0 Å². The Balaban J connectivity index is 1.52. The highest BCUT2D eigenvalue weighted by atomic mass is 16.5. The van der Waals surface area contributed by atoms with Crippen LogP contribution in [-0.2, 0) is 22.6 Å². The van der Waals surface area contributed by atoms with Crippen LogP contribution in [0.25, 0.3) is 0 Å². The lowest BCUT2D eigenvalue weighted by Crippen LogP contribution is -2.26. The number of hydrogen-bond donors (Lipinski definition) is 0. The Kier molecular flexibility index (Phi) is 7.72. The van der Waals surface area contributed by atoms with E-state index >= 15 is 0 Å². The van der Waals surface area contributed by atoms with Crippen molar-refractivity contribution in [3.05, 3.63) is 108 Å². The smallest absolute Gasteiger partial charge is 0.307 e. The molecule has 148 valence electrons. The van der Waals surface area contributed by atoms with Crippen molar-refractivity contribution in [3.8, 4) is 0 Å². The highest BCUT2D eigenvalue weighted by molar-refractivity contribution is 5.97. The van der Waals surface area contributed by atoms with Crippen LogP contribution in [0.5, 0.6) is 0 Å². The Bertz CT molecular complexity index is 854. The highest BCUT2D eigenvalue weighted by Crippen LogP contribution is 2.11. The molecule has 4 nitrogen and oxygen atoms in total. The third kappa shape index (κ3) is 7.01. The van der Waals surface area contributed by atoms with E-state index in [2.05, 4.69) is 29.2 Å². The van der Waals surface area contributed by atoms with E-state index in [0.717, 1.165) is 13.1 Å². The Morgan fingerprint density at radius 3 is 1.69 bits per heavy atom. The molecule has 3 aromatic carbocycles. The molecule has 29 heavy (non-hydrogen) atoms. The van der Waals surface area contributed by atoms with Crippen LogP contribution in [0.4, 0.5) is 0 Å². The van der Waals surface area contributed by atoms with E-state index in [1.165, 1.54) is 11.1 Å². The number of rotatable bonds is 10. The van der Waals surface area contributed by atoms with Gasteiger partial charge in [0, 0.05) is 25.2 Å². The molecule has 0 unspecified atom stereocenters. The molecule has 0 bridgehead atoms. The van der Waals surface area contributed by atoms with Gasteiger partial charge < -0.3 is 4.74 Å². The monoisotopic (exact) mass is 387 g/mol. The first kappa shape index (κ1) is 20.5. The maximum absolute atomic E-state index is 12.2. The van der Waals surface area contributed by atoms with E-state index in [1.807, 2.05) is 42.5 Å². The second-order valence-corrected chi connectivity index (χ2v) is 6.88. The van der Waals surface area contributed by atoms with Crippen LogP contribution in [0, 0.1) is 0 Å². The molecule has 4 heteroatoms. The fourth-order valence-corrected chi connectivity index (χ4v) is 3.07. The number of esters is 1. The quantitative estimate of drug-likeness (QED) is 0.379. The van der Waals surface area contributed by atoms with E-state index < -0.39 is 0 Å². The van der Waals surface area contributed by atoms with Crippen LogP contribution < -0.4 is 0 Å². The number of carbonyl (C=O) groups is 2. The van der Waals surface area contributed by atoms with Gasteiger partial charge >= 0.3 is 5.97 Å². The Labute approximate surface area is 171 Å². The summed E-state index contributed by atoms with van der Waals surface area (Å²) in [5.41, 5.74) is 2.93. The zero-order chi connectivity index (χ0) is 20.3. The molecule has 0 radical (unpaired) electrons. The highest BCUT2D eigenvalue weighted by Gasteiger charge is 2.13. The summed E-state index contributed by atoms with van der Waals surface area (Å²) in [5, 5.41) is 0. The SMILES string of the molecule is O=C(CCN(Cc1ccccc1)Cc1ccccc1)OCC(=O)c1ccccc1. The van der Waals surface area contributed by atoms with Crippen LogP contribution in [0.3, 0.4) is 0 Å². The molecule has 0 N–H and O–H groups in total. The Morgan fingerprint density at radius 2 is 1.17 bits per heavy atom. The maximum atomic E-state index is 12.2. The van der Waals surface area contributed by atoms with Gasteiger partial charge in [-0.05, 0) is 11.1 Å². The Hall–Kier alpha value is -3.24. The Morgan fingerprint density at radius 1 is 0.690 bits per heavy atom. The maximum Gasteiger partial charge on any atom is 0.307 e. The lowest BCUT2D eigenvalue weighted by Gasteiger charge is -2.22. The summed E-state index contributed by atoms with van der Waals surface area (Å²) in [6.45, 7) is 1.82. The standard InChI is InChI=1S/C25H25NO3/c27-24(23-14-8-3-9-15-23)20-29-25(28)16-17-26(18-21-10-4-1-5-11-21)19-22-12-6-2-7-13-22/h1-15H,16-20H2. The molecule has 0 aliphatic rings. The zero-order valence-corrected chi connectivity index (χ0v) is 16.4. The average molecular weight is 387 g/mol. The summed E-state index contributed by atoms with van der Waals surface area (Å²) in [4.78, 5) is 26.5. The lowest BCUT2D eigenvalue weighted by molar-refractivity contribution is -0.142. The molecule has 3 aromatic rings. The fraction of sp³-hybridized carbons (Fsp3) is 0.200. The third-order valence-corrected chi connectivity index (χ3v) is 4.59. The van der Waals surface area contributed by atoms with Crippen molar-refractivity contribution < 1.29 is 14.3 Å². The number of hydrogen-bond acceptors (Lipinski definition) is 4. The van der Waals surface area contributed by atoms with Gasteiger partial charge in [-0.1, -0.05) is 91.0 Å². The molecule has 0 aromatic heterocycles. The number of nitrogens with zero attached hydrogens (tertiary/aromatic N) is 1. The molecule has 0 heterocycles. The first-order chi connectivity index (χ1) is 14.2. The second kappa shape index (κ2) is 10.9. The molecule has 0 saturated heterocycles. The molecular formula is C25H25NO3. The van der Waals surface area contributed by atoms with Gasteiger partial charge in [-0.3, -0.25) is 14.5 Å². The number of carbonyl (C=O) groups excluding carboxylic acids is 2. The topological polar surface area (TPSA) is 46.6 Å². The van der Waals surface area contributed by atoms with Gasteiger partial charge in [0.1, 0.15) is 0 Å². The molecule has 0 spiro atoms. The van der Waals surface area contributed by atoms with Crippen molar-refractivity contribution in [2.24, 2.45) is 0 Å². The van der Waals surface area contributed by atoms with Crippen molar-refractivity contribution in [2.75, 3.05) is 13.2 Å². The van der Waals surface area contributed by atoms with Crippen molar-refractivity contribution >= 4 is 11.8 Å². The molecule has 0 aliphatic carbocycles. The first-order valence-corrected chi connectivity index (χ1v) is 9.75. The molecule has 0 aliphatic heterocycles. The average Bonchev–Trinajstić information content (AvgIpc) is 2.78. The van der Waals surface area contributed by atoms with E-state index in [4.69, 9.17) is 4.74 Å². The summed E-state index contributed by atoms with van der Waals surface area (Å²) in [7, 11) is 0. The number of ketones is 1. The van der Waals surface area contributed by atoms with Gasteiger partial charge in [-0.2, -0.15) is 0 Å².